The first-order chi connectivity index (χ1) is 13.0. The maximum absolute atomic E-state index is 12.3. The molecule has 0 radical (unpaired) electrons. The molecule has 2 aromatic rings. The van der Waals surface area contributed by atoms with Crippen molar-refractivity contribution in [1.29, 1.82) is 0 Å². The Hall–Kier alpha value is -2.18. The van der Waals surface area contributed by atoms with Gasteiger partial charge < -0.3 is 14.8 Å². The average Bonchev–Trinajstić information content (AvgIpc) is 2.65. The van der Waals surface area contributed by atoms with Crippen LogP contribution in [0.4, 0.5) is 5.69 Å². The lowest BCUT2D eigenvalue weighted by Gasteiger charge is -2.15. The summed E-state index contributed by atoms with van der Waals surface area (Å²) in [6.45, 7) is 3.89. The number of carbonyl (C=O) groups excluding carboxylic acids is 2. The van der Waals surface area contributed by atoms with Crippen molar-refractivity contribution in [3.05, 3.63) is 53.6 Å². The number of halogens is 1. The molecule has 0 fully saturated rings. The molecule has 1 N–H and O–H groups in total. The Morgan fingerprint density at radius 2 is 1.85 bits per heavy atom. The van der Waals surface area contributed by atoms with Gasteiger partial charge in [0.25, 0.3) is 5.91 Å². The van der Waals surface area contributed by atoms with Crippen LogP contribution in [0.1, 0.15) is 20.3 Å². The second kappa shape index (κ2) is 10.8. The van der Waals surface area contributed by atoms with Gasteiger partial charge in [-0.3, -0.25) is 9.59 Å². The number of benzene rings is 2. The quantitative estimate of drug-likeness (QED) is 0.478. The Morgan fingerprint density at radius 1 is 1.15 bits per heavy atom. The molecule has 5 nitrogen and oxygen atoms in total. The maximum Gasteiger partial charge on any atom is 0.307 e. The van der Waals surface area contributed by atoms with Crippen molar-refractivity contribution in [3.63, 3.8) is 0 Å². The van der Waals surface area contributed by atoms with Crippen LogP contribution in [-0.4, -0.2) is 30.3 Å². The normalized spacial score (nSPS) is 11.5. The van der Waals surface area contributed by atoms with Crippen LogP contribution >= 0.6 is 23.4 Å². The SMILES string of the molecule is CCOc1ccccc1NC(=O)C(C)OC(=O)CCSc1ccccc1Cl. The highest BCUT2D eigenvalue weighted by atomic mass is 35.5. The highest BCUT2D eigenvalue weighted by molar-refractivity contribution is 7.99. The van der Waals surface area contributed by atoms with Gasteiger partial charge in [-0.2, -0.15) is 0 Å². The van der Waals surface area contributed by atoms with Gasteiger partial charge in [0.05, 0.1) is 23.7 Å². The van der Waals surface area contributed by atoms with E-state index in [2.05, 4.69) is 5.32 Å². The number of esters is 1. The molecule has 0 aliphatic rings. The summed E-state index contributed by atoms with van der Waals surface area (Å²) in [5.74, 6) is 0.247. The third kappa shape index (κ3) is 6.81. The van der Waals surface area contributed by atoms with E-state index < -0.39 is 18.0 Å². The summed E-state index contributed by atoms with van der Waals surface area (Å²) in [7, 11) is 0. The van der Waals surface area contributed by atoms with Crippen LogP contribution in [0.2, 0.25) is 5.02 Å². The van der Waals surface area contributed by atoms with Crippen LogP contribution in [-0.2, 0) is 14.3 Å². The van der Waals surface area contributed by atoms with E-state index in [4.69, 9.17) is 21.1 Å². The van der Waals surface area contributed by atoms with Crippen molar-refractivity contribution >= 4 is 40.9 Å². The predicted molar refractivity (Wildman–Crippen MR) is 109 cm³/mol. The summed E-state index contributed by atoms with van der Waals surface area (Å²) in [5, 5.41) is 3.38. The molecule has 1 unspecified atom stereocenters. The highest BCUT2D eigenvalue weighted by Gasteiger charge is 2.19. The highest BCUT2D eigenvalue weighted by Crippen LogP contribution is 2.27. The third-order valence-corrected chi connectivity index (χ3v) is 5.04. The minimum atomic E-state index is -0.905. The summed E-state index contributed by atoms with van der Waals surface area (Å²) >= 11 is 7.55. The molecule has 0 aromatic heterocycles. The predicted octanol–water partition coefficient (Wildman–Crippen LogP) is 4.79. The second-order valence-electron chi connectivity index (χ2n) is 5.58. The van der Waals surface area contributed by atoms with Gasteiger partial charge in [-0.15, -0.1) is 11.8 Å². The van der Waals surface area contributed by atoms with E-state index in [9.17, 15) is 9.59 Å². The molecule has 27 heavy (non-hydrogen) atoms. The molecule has 0 saturated carbocycles. The number of rotatable bonds is 9. The molecular formula is C20H22ClNO4S. The zero-order chi connectivity index (χ0) is 19.6. The van der Waals surface area contributed by atoms with Gasteiger partial charge in [0, 0.05) is 10.6 Å². The van der Waals surface area contributed by atoms with Crippen molar-refractivity contribution in [2.75, 3.05) is 17.7 Å². The largest absolute Gasteiger partial charge is 0.492 e. The van der Waals surface area contributed by atoms with Crippen molar-refractivity contribution < 1.29 is 19.1 Å². The zero-order valence-electron chi connectivity index (χ0n) is 15.2. The Morgan fingerprint density at radius 3 is 2.59 bits per heavy atom. The number of thioether (sulfide) groups is 1. The minimum Gasteiger partial charge on any atom is -0.492 e. The Labute approximate surface area is 168 Å². The standard InChI is InChI=1S/C20H22ClNO4S/c1-3-25-17-10-6-5-9-16(17)22-20(24)14(2)26-19(23)12-13-27-18-11-7-4-8-15(18)21/h4-11,14H,3,12-13H2,1-2H3,(H,22,24). The first kappa shape index (κ1) is 21.1. The Balaban J connectivity index is 1.80. The van der Waals surface area contributed by atoms with Crippen molar-refractivity contribution in [3.8, 4) is 5.75 Å². The topological polar surface area (TPSA) is 64.6 Å². The molecule has 0 heterocycles. The molecular weight excluding hydrogens is 386 g/mol. The van der Waals surface area contributed by atoms with Gasteiger partial charge in [-0.1, -0.05) is 35.9 Å². The van der Waals surface area contributed by atoms with E-state index >= 15 is 0 Å². The number of anilines is 1. The van der Waals surface area contributed by atoms with Crippen LogP contribution in [0.25, 0.3) is 0 Å². The second-order valence-corrected chi connectivity index (χ2v) is 7.12. The van der Waals surface area contributed by atoms with Gasteiger partial charge >= 0.3 is 5.97 Å². The van der Waals surface area contributed by atoms with Gasteiger partial charge in [0.2, 0.25) is 0 Å². The number of nitrogens with one attached hydrogen (secondary N) is 1. The molecule has 7 heteroatoms. The fourth-order valence-corrected chi connectivity index (χ4v) is 3.37. The van der Waals surface area contributed by atoms with E-state index in [1.165, 1.54) is 18.7 Å². The van der Waals surface area contributed by atoms with Crippen LogP contribution in [0.5, 0.6) is 5.75 Å². The van der Waals surface area contributed by atoms with E-state index in [0.717, 1.165) is 4.90 Å². The van der Waals surface area contributed by atoms with E-state index in [-0.39, 0.29) is 6.42 Å². The van der Waals surface area contributed by atoms with E-state index in [1.807, 2.05) is 31.2 Å². The first-order valence-electron chi connectivity index (χ1n) is 8.60. The molecule has 0 bridgehead atoms. The fraction of sp³-hybridized carbons (Fsp3) is 0.300. The van der Waals surface area contributed by atoms with Crippen LogP contribution in [0, 0.1) is 0 Å². The van der Waals surface area contributed by atoms with E-state index in [0.29, 0.717) is 28.8 Å². The van der Waals surface area contributed by atoms with Crippen LogP contribution < -0.4 is 10.1 Å². The monoisotopic (exact) mass is 407 g/mol. The smallest absolute Gasteiger partial charge is 0.307 e. The lowest BCUT2D eigenvalue weighted by atomic mass is 10.2. The number of hydrogen-bond donors (Lipinski definition) is 1. The Kier molecular flexibility index (Phi) is 8.48. The van der Waals surface area contributed by atoms with Crippen molar-refractivity contribution in [2.45, 2.75) is 31.3 Å². The molecule has 0 aliphatic heterocycles. The molecule has 0 spiro atoms. The zero-order valence-corrected chi connectivity index (χ0v) is 16.8. The summed E-state index contributed by atoms with van der Waals surface area (Å²) in [6, 6.07) is 14.5. The average molecular weight is 408 g/mol. The number of hydrogen-bond acceptors (Lipinski definition) is 5. The number of ether oxygens (including phenoxy) is 2. The summed E-state index contributed by atoms with van der Waals surface area (Å²) in [5.41, 5.74) is 0.543. The van der Waals surface area contributed by atoms with Gasteiger partial charge in [-0.25, -0.2) is 0 Å². The molecule has 1 atom stereocenters. The molecule has 144 valence electrons. The molecule has 2 rings (SSSR count). The fourth-order valence-electron chi connectivity index (χ4n) is 2.20. The van der Waals surface area contributed by atoms with Crippen molar-refractivity contribution in [2.24, 2.45) is 0 Å². The van der Waals surface area contributed by atoms with Crippen LogP contribution in [0.3, 0.4) is 0 Å². The van der Waals surface area contributed by atoms with Gasteiger partial charge in [0.1, 0.15) is 5.75 Å². The van der Waals surface area contributed by atoms with Crippen molar-refractivity contribution in [1.82, 2.24) is 0 Å². The number of para-hydroxylation sites is 2. The molecule has 0 saturated heterocycles. The number of carbonyl (C=O) groups is 2. The summed E-state index contributed by atoms with van der Waals surface area (Å²) in [4.78, 5) is 25.2. The lowest BCUT2D eigenvalue weighted by molar-refractivity contribution is -0.152. The summed E-state index contributed by atoms with van der Waals surface area (Å²) in [6.07, 6.45) is -0.722. The van der Waals surface area contributed by atoms with Gasteiger partial charge in [-0.05, 0) is 38.1 Å². The number of amides is 1. The van der Waals surface area contributed by atoms with E-state index in [1.54, 1.807) is 24.3 Å². The Bertz CT molecular complexity index is 784. The third-order valence-electron chi connectivity index (χ3n) is 3.52. The first-order valence-corrected chi connectivity index (χ1v) is 9.97. The minimum absolute atomic E-state index is 0.184. The van der Waals surface area contributed by atoms with Crippen LogP contribution in [0.15, 0.2) is 53.4 Å². The lowest BCUT2D eigenvalue weighted by Crippen LogP contribution is -2.30. The van der Waals surface area contributed by atoms with Gasteiger partial charge in [0.15, 0.2) is 6.10 Å². The maximum atomic E-state index is 12.3. The summed E-state index contributed by atoms with van der Waals surface area (Å²) < 4.78 is 10.7. The molecule has 0 aliphatic carbocycles. The molecule has 1 amide bonds. The molecule has 2 aromatic carbocycles.